The molecule has 0 bridgehead atoms. The maximum absolute atomic E-state index is 13.8. The van der Waals surface area contributed by atoms with Crippen molar-refractivity contribution in [1.82, 2.24) is 4.90 Å². The van der Waals surface area contributed by atoms with Crippen LogP contribution < -0.4 is 5.32 Å². The summed E-state index contributed by atoms with van der Waals surface area (Å²) in [7, 11) is 0. The number of aliphatic hydroxyl groups excluding tert-OH is 3. The Labute approximate surface area is 184 Å². The first kappa shape index (κ1) is 21.1. The number of fused-ring (bicyclic) bond motifs is 2. The lowest BCUT2D eigenvalue weighted by Gasteiger charge is -2.23. The highest BCUT2D eigenvalue weighted by Gasteiger charge is 2.39. The molecule has 0 saturated carbocycles. The van der Waals surface area contributed by atoms with Crippen molar-refractivity contribution in [3.8, 4) is 0 Å². The molecule has 8 heteroatoms. The molecule has 0 aromatic heterocycles. The number of rotatable bonds is 5. The van der Waals surface area contributed by atoms with Crippen molar-refractivity contribution in [2.45, 2.75) is 37.7 Å². The Hall–Kier alpha value is -2.78. The minimum absolute atomic E-state index is 0.188. The Morgan fingerprint density at radius 2 is 2.00 bits per heavy atom. The van der Waals surface area contributed by atoms with Gasteiger partial charge in [0.05, 0.1) is 30.4 Å². The van der Waals surface area contributed by atoms with Crippen LogP contribution in [0.4, 0.5) is 10.1 Å². The van der Waals surface area contributed by atoms with Crippen LogP contribution in [0.25, 0.3) is 11.3 Å². The molecule has 4 N–H and O–H groups in total. The molecule has 0 unspecified atom stereocenters. The van der Waals surface area contributed by atoms with E-state index in [1.54, 1.807) is 6.07 Å². The highest BCUT2D eigenvalue weighted by atomic mass is 19.1. The van der Waals surface area contributed by atoms with Crippen LogP contribution in [0.3, 0.4) is 0 Å². The summed E-state index contributed by atoms with van der Waals surface area (Å²) in [5, 5.41) is 32.0. The molecule has 2 aromatic carbocycles. The van der Waals surface area contributed by atoms with E-state index in [4.69, 9.17) is 4.74 Å². The van der Waals surface area contributed by atoms with Crippen molar-refractivity contribution in [2.24, 2.45) is 0 Å². The molecule has 0 spiro atoms. The smallest absolute Gasteiger partial charge is 0.260 e. The second-order valence-corrected chi connectivity index (χ2v) is 8.53. The minimum Gasteiger partial charge on any atom is -0.487 e. The zero-order chi connectivity index (χ0) is 22.4. The van der Waals surface area contributed by atoms with Gasteiger partial charge in [0.2, 0.25) is 0 Å². The van der Waals surface area contributed by atoms with Crippen LogP contribution in [0.15, 0.2) is 36.4 Å². The normalized spacial score (nSPS) is 26.8. The van der Waals surface area contributed by atoms with E-state index < -0.39 is 24.1 Å². The van der Waals surface area contributed by atoms with Crippen molar-refractivity contribution < 1.29 is 29.2 Å². The number of anilines is 1. The van der Waals surface area contributed by atoms with Gasteiger partial charge in [0.1, 0.15) is 18.2 Å². The van der Waals surface area contributed by atoms with E-state index in [2.05, 4.69) is 11.4 Å². The predicted octanol–water partition coefficient (Wildman–Crippen LogP) is 1.51. The summed E-state index contributed by atoms with van der Waals surface area (Å²) >= 11 is 0. The maximum atomic E-state index is 13.8. The Kier molecular flexibility index (Phi) is 5.46. The highest BCUT2D eigenvalue weighted by Crippen LogP contribution is 2.42. The molecule has 3 heterocycles. The van der Waals surface area contributed by atoms with E-state index >= 15 is 0 Å². The van der Waals surface area contributed by atoms with Crippen LogP contribution in [-0.4, -0.2) is 64.1 Å². The van der Waals surface area contributed by atoms with Crippen LogP contribution in [0.2, 0.25) is 0 Å². The van der Waals surface area contributed by atoms with Crippen LogP contribution >= 0.6 is 0 Å². The lowest BCUT2D eigenvalue weighted by molar-refractivity contribution is -0.110. The van der Waals surface area contributed by atoms with Gasteiger partial charge in [-0.2, -0.15) is 0 Å². The SMILES string of the molecule is O=C1Nc2ccc(F)cc2C1=C1OCc2cc(CCCN3C[C@@H](O)[C@H](O)[C@H]3CO)ccc21. The van der Waals surface area contributed by atoms with Crippen molar-refractivity contribution >= 4 is 22.9 Å². The molecule has 3 aliphatic heterocycles. The Morgan fingerprint density at radius 1 is 1.16 bits per heavy atom. The fraction of sp³-hybridized carbons (Fsp3) is 0.375. The molecule has 7 nitrogen and oxygen atoms in total. The first-order valence-corrected chi connectivity index (χ1v) is 10.8. The zero-order valence-electron chi connectivity index (χ0n) is 17.4. The number of likely N-dealkylation sites (tertiary alicyclic amines) is 1. The first-order chi connectivity index (χ1) is 15.5. The van der Waals surface area contributed by atoms with E-state index in [1.807, 2.05) is 17.0 Å². The van der Waals surface area contributed by atoms with Crippen molar-refractivity contribution in [3.05, 3.63) is 64.5 Å². The van der Waals surface area contributed by atoms with Crippen LogP contribution in [-0.2, 0) is 22.6 Å². The van der Waals surface area contributed by atoms with E-state index in [0.717, 1.165) is 29.5 Å². The van der Waals surface area contributed by atoms with Gasteiger partial charge in [-0.1, -0.05) is 18.2 Å². The van der Waals surface area contributed by atoms with Gasteiger partial charge >= 0.3 is 0 Å². The van der Waals surface area contributed by atoms with Gasteiger partial charge < -0.3 is 25.4 Å². The second-order valence-electron chi connectivity index (χ2n) is 8.53. The third-order valence-corrected chi connectivity index (χ3v) is 6.52. The largest absolute Gasteiger partial charge is 0.487 e. The number of halogens is 1. The summed E-state index contributed by atoms with van der Waals surface area (Å²) in [6, 6.07) is 9.76. The number of hydrogen-bond donors (Lipinski definition) is 4. The Balaban J connectivity index is 1.32. The van der Waals surface area contributed by atoms with E-state index in [-0.39, 0.29) is 12.5 Å². The number of nitrogens with one attached hydrogen (secondary N) is 1. The first-order valence-electron chi connectivity index (χ1n) is 10.8. The molecule has 0 aliphatic carbocycles. The fourth-order valence-corrected chi connectivity index (χ4v) is 4.87. The van der Waals surface area contributed by atoms with Gasteiger partial charge in [-0.25, -0.2) is 4.39 Å². The molecule has 1 saturated heterocycles. The molecule has 3 aliphatic rings. The Morgan fingerprint density at radius 3 is 2.81 bits per heavy atom. The number of benzene rings is 2. The van der Waals surface area contributed by atoms with Gasteiger partial charge in [-0.3, -0.25) is 9.69 Å². The van der Waals surface area contributed by atoms with Crippen molar-refractivity contribution in [1.29, 1.82) is 0 Å². The molecule has 1 amide bonds. The number of amides is 1. The minimum atomic E-state index is -0.921. The van der Waals surface area contributed by atoms with Gasteiger partial charge in [0, 0.05) is 28.9 Å². The van der Waals surface area contributed by atoms with Gasteiger partial charge in [-0.05, 0) is 43.1 Å². The predicted molar refractivity (Wildman–Crippen MR) is 116 cm³/mol. The second kappa shape index (κ2) is 8.29. The summed E-state index contributed by atoms with van der Waals surface area (Å²) < 4.78 is 19.6. The maximum Gasteiger partial charge on any atom is 0.260 e. The third kappa shape index (κ3) is 3.59. The Bertz CT molecular complexity index is 1100. The molecule has 0 radical (unpaired) electrons. The van der Waals surface area contributed by atoms with Crippen molar-refractivity contribution in [3.63, 3.8) is 0 Å². The number of aryl methyl sites for hydroxylation is 1. The molecule has 3 atom stereocenters. The summed E-state index contributed by atoms with van der Waals surface area (Å²) in [5.74, 6) is -0.237. The monoisotopic (exact) mass is 440 g/mol. The summed E-state index contributed by atoms with van der Waals surface area (Å²) in [5.41, 5.74) is 4.36. The van der Waals surface area contributed by atoms with Crippen LogP contribution in [0.1, 0.15) is 28.7 Å². The molecule has 5 rings (SSSR count). The van der Waals surface area contributed by atoms with Crippen LogP contribution in [0.5, 0.6) is 0 Å². The van der Waals surface area contributed by atoms with E-state index in [0.29, 0.717) is 42.3 Å². The molecule has 2 aromatic rings. The average Bonchev–Trinajstić information content (AvgIpc) is 3.40. The topological polar surface area (TPSA) is 102 Å². The highest BCUT2D eigenvalue weighted by molar-refractivity contribution is 6.36. The number of carbonyl (C=O) groups excluding carboxylic acids is 1. The van der Waals surface area contributed by atoms with Crippen molar-refractivity contribution in [2.75, 3.05) is 25.0 Å². The number of β-amino-alcohol motifs (C(OH)–C–C–N with tert-alkyl or cyclic N) is 1. The molecular formula is C24H25FN2O5. The quantitative estimate of drug-likeness (QED) is 0.526. The average molecular weight is 440 g/mol. The standard InChI is InChI=1S/C24H25FN2O5/c25-15-4-6-18-17(9-15)21(24(31)26-18)23-16-5-3-13(8-14(16)12-32-23)2-1-7-27-10-20(29)22(30)19(27)11-28/h3-6,8-9,19-20,22,28-30H,1-2,7,10-12H2,(H,26,31)/t19-,20-,22-/m1/s1. The molecule has 1 fully saturated rings. The number of hydrogen-bond acceptors (Lipinski definition) is 6. The lowest BCUT2D eigenvalue weighted by Crippen LogP contribution is -2.39. The van der Waals surface area contributed by atoms with Gasteiger partial charge in [-0.15, -0.1) is 0 Å². The zero-order valence-corrected chi connectivity index (χ0v) is 17.4. The fourth-order valence-electron chi connectivity index (χ4n) is 4.87. The summed E-state index contributed by atoms with van der Waals surface area (Å²) in [4.78, 5) is 14.5. The number of ether oxygens (including phenoxy) is 1. The van der Waals surface area contributed by atoms with E-state index in [9.17, 15) is 24.5 Å². The van der Waals surface area contributed by atoms with Gasteiger partial charge in [0.15, 0.2) is 0 Å². The summed E-state index contributed by atoms with van der Waals surface area (Å²) in [6.07, 6.45) is -0.162. The summed E-state index contributed by atoms with van der Waals surface area (Å²) in [6.45, 7) is 1.17. The molecule has 168 valence electrons. The lowest BCUT2D eigenvalue weighted by atomic mass is 9.98. The van der Waals surface area contributed by atoms with Crippen LogP contribution in [0, 0.1) is 5.82 Å². The van der Waals surface area contributed by atoms with Gasteiger partial charge in [0.25, 0.3) is 5.91 Å². The molecule has 32 heavy (non-hydrogen) atoms. The number of carbonyl (C=O) groups is 1. The number of aliphatic hydroxyl groups is 3. The van der Waals surface area contributed by atoms with E-state index in [1.165, 1.54) is 12.1 Å². The molecular weight excluding hydrogens is 415 g/mol. The third-order valence-electron chi connectivity index (χ3n) is 6.52. The number of nitrogens with zero attached hydrogens (tertiary/aromatic N) is 1.